The summed E-state index contributed by atoms with van der Waals surface area (Å²) in [5.41, 5.74) is 2.71. The van der Waals surface area contributed by atoms with Crippen molar-refractivity contribution in [2.45, 2.75) is 76.9 Å². The highest BCUT2D eigenvalue weighted by molar-refractivity contribution is 6.07. The monoisotopic (exact) mass is 864 g/mol. The smallest absolute Gasteiger partial charge is 0.416 e. The topological polar surface area (TPSA) is 203 Å². The van der Waals surface area contributed by atoms with Crippen LogP contribution in [0.2, 0.25) is 0 Å². The molecule has 2 N–H and O–H groups in total. The Kier molecular flexibility index (Phi) is 15.1. The zero-order valence-corrected chi connectivity index (χ0v) is 35.7. The van der Waals surface area contributed by atoms with Crippen LogP contribution in [0.1, 0.15) is 71.7 Å². The highest BCUT2D eigenvalue weighted by Crippen LogP contribution is 2.43. The molecule has 0 spiro atoms. The number of benzene rings is 2. The number of anilines is 2. The molecule has 0 bridgehead atoms. The summed E-state index contributed by atoms with van der Waals surface area (Å²) in [6.07, 6.45) is -2.26. The van der Waals surface area contributed by atoms with Crippen molar-refractivity contribution in [3.8, 4) is 17.2 Å². The van der Waals surface area contributed by atoms with Crippen molar-refractivity contribution in [1.82, 2.24) is 9.80 Å². The first kappa shape index (κ1) is 45.8. The Labute approximate surface area is 360 Å². The third-order valence-electron chi connectivity index (χ3n) is 11.2. The van der Waals surface area contributed by atoms with Crippen LogP contribution in [0.5, 0.6) is 17.2 Å². The van der Waals surface area contributed by atoms with E-state index >= 15 is 0 Å². The first-order valence-corrected chi connectivity index (χ1v) is 20.7. The Morgan fingerprint density at radius 1 is 0.710 bits per heavy atom. The number of carbonyl (C=O) groups excluding carboxylic acids is 5. The second-order valence-corrected chi connectivity index (χ2v) is 15.5. The maximum Gasteiger partial charge on any atom is 0.416 e. The molecule has 4 aliphatic rings. The summed E-state index contributed by atoms with van der Waals surface area (Å²) in [5, 5.41) is 23.0. The fraction of sp³-hybridized carbons (Fsp3) is 0.523. The van der Waals surface area contributed by atoms with Crippen LogP contribution in [0.25, 0.3) is 0 Å². The quantitative estimate of drug-likeness (QED) is 0.158. The van der Waals surface area contributed by atoms with E-state index in [9.17, 15) is 34.2 Å². The molecule has 0 radical (unpaired) electrons. The van der Waals surface area contributed by atoms with Gasteiger partial charge in [0.05, 0.1) is 81.3 Å². The van der Waals surface area contributed by atoms with Crippen molar-refractivity contribution < 1.29 is 67.3 Å². The predicted molar refractivity (Wildman–Crippen MR) is 224 cm³/mol. The zero-order chi connectivity index (χ0) is 44.7. The summed E-state index contributed by atoms with van der Waals surface area (Å²) >= 11 is 0. The van der Waals surface area contributed by atoms with Gasteiger partial charge < -0.3 is 53.2 Å². The molecule has 4 amide bonds. The van der Waals surface area contributed by atoms with Crippen LogP contribution >= 0.6 is 0 Å². The van der Waals surface area contributed by atoms with E-state index in [1.807, 2.05) is 0 Å². The van der Waals surface area contributed by atoms with E-state index < -0.39 is 55.0 Å². The van der Waals surface area contributed by atoms with Crippen molar-refractivity contribution >= 4 is 41.2 Å². The number of amides is 4. The van der Waals surface area contributed by atoms with Gasteiger partial charge in [0.2, 0.25) is 0 Å². The lowest BCUT2D eigenvalue weighted by atomic mass is 10.1. The number of unbranched alkanes of at least 4 members (excludes halogenated alkanes) is 2. The summed E-state index contributed by atoms with van der Waals surface area (Å²) in [7, 11) is 2.96. The molecule has 0 unspecified atom stereocenters. The zero-order valence-electron chi connectivity index (χ0n) is 35.7. The van der Waals surface area contributed by atoms with Crippen LogP contribution in [-0.4, -0.2) is 148 Å². The molecule has 0 aliphatic carbocycles. The molecule has 4 aliphatic heterocycles. The van der Waals surface area contributed by atoms with E-state index in [4.69, 9.17) is 33.2 Å². The number of rotatable bonds is 18. The Bertz CT molecular complexity index is 2060. The number of ether oxygens (including phenoxy) is 7. The minimum absolute atomic E-state index is 0.000536. The van der Waals surface area contributed by atoms with Gasteiger partial charge in [-0.05, 0) is 63.6 Å². The van der Waals surface area contributed by atoms with Crippen LogP contribution in [0.3, 0.4) is 0 Å². The van der Waals surface area contributed by atoms with Crippen LogP contribution in [-0.2, 0) is 23.7 Å². The molecule has 18 nitrogen and oxygen atoms in total. The Morgan fingerprint density at radius 2 is 1.26 bits per heavy atom. The number of hydrogen-bond donors (Lipinski definition) is 2. The number of aliphatic hydroxyl groups excluding tert-OH is 2. The molecule has 18 heteroatoms. The van der Waals surface area contributed by atoms with Crippen LogP contribution in [0.4, 0.5) is 21.0 Å². The highest BCUT2D eigenvalue weighted by Gasteiger charge is 2.48. The average molecular weight is 865 g/mol. The van der Waals surface area contributed by atoms with Crippen molar-refractivity contribution in [2.24, 2.45) is 0 Å². The number of hydrogen-bond acceptors (Lipinski definition) is 14. The van der Waals surface area contributed by atoms with Crippen LogP contribution in [0, 0.1) is 6.92 Å². The molecular formula is C44H56N4O14. The van der Waals surface area contributed by atoms with E-state index in [-0.39, 0.29) is 92.3 Å². The number of methoxy groups -OCH3 is 2. The fourth-order valence-electron chi connectivity index (χ4n) is 8.03. The Hall–Kier alpha value is -5.69. The fourth-order valence-corrected chi connectivity index (χ4v) is 8.03. The molecular weight excluding hydrogens is 808 g/mol. The maximum absolute atomic E-state index is 13.9. The van der Waals surface area contributed by atoms with Gasteiger partial charge in [0, 0.05) is 38.8 Å². The van der Waals surface area contributed by atoms with Crippen LogP contribution in [0.15, 0.2) is 48.6 Å². The molecule has 2 fully saturated rings. The number of carbonyl (C=O) groups is 5. The number of aliphatic hydroxyl groups is 2. The molecule has 2 aromatic rings. The minimum Gasteiger partial charge on any atom is -0.493 e. The standard InChI is InChI=1S/C44H56N4O14/c1-7-59-43(54)47-32-21-36(28(4)19-30(32)39(50)45-23-26(2)17-34(45)41(47)52)60-12-9-8-10-13-61-38-22-33-31(20-37(38)57-6)40(51)46-24-27(3)18-35(46)42(53)48(33)44(55)62-25-29(49)11-14-58-16-15-56-5/h19-22,34-35,41-42,52-53H,2-3,7-18,23-25H2,1,4-6H3/t34-,35-,41-,42-/m0/s1. The molecule has 0 saturated carbocycles. The molecule has 2 saturated heterocycles. The summed E-state index contributed by atoms with van der Waals surface area (Å²) in [6, 6.07) is 4.68. The van der Waals surface area contributed by atoms with E-state index in [0.29, 0.717) is 55.8 Å². The number of ketones is 1. The normalized spacial score (nSPS) is 20.5. The lowest BCUT2D eigenvalue weighted by Gasteiger charge is -2.31. The van der Waals surface area contributed by atoms with Crippen LogP contribution < -0.4 is 24.0 Å². The minimum atomic E-state index is -1.53. The number of aryl methyl sites for hydroxylation is 1. The molecule has 0 aromatic heterocycles. The van der Waals surface area contributed by atoms with E-state index in [1.54, 1.807) is 26.0 Å². The van der Waals surface area contributed by atoms with Gasteiger partial charge >= 0.3 is 12.2 Å². The average Bonchev–Trinajstić information content (AvgIpc) is 3.81. The van der Waals surface area contributed by atoms with Crippen molar-refractivity contribution in [1.29, 1.82) is 0 Å². The summed E-state index contributed by atoms with van der Waals surface area (Å²) in [5.74, 6) is -0.275. The van der Waals surface area contributed by atoms with Gasteiger partial charge in [-0.3, -0.25) is 14.4 Å². The molecule has 62 heavy (non-hydrogen) atoms. The number of Topliss-reactive ketones (excluding diaryl/α,β-unsaturated/α-hetero) is 1. The van der Waals surface area contributed by atoms with Crippen molar-refractivity contribution in [3.05, 3.63) is 65.3 Å². The third-order valence-corrected chi connectivity index (χ3v) is 11.2. The van der Waals surface area contributed by atoms with Crippen molar-refractivity contribution in [3.63, 3.8) is 0 Å². The van der Waals surface area contributed by atoms with Gasteiger partial charge in [-0.25, -0.2) is 19.4 Å². The lowest BCUT2D eigenvalue weighted by Crippen LogP contribution is -2.51. The molecule has 2 aromatic carbocycles. The Balaban J connectivity index is 1.10. The van der Waals surface area contributed by atoms with Gasteiger partial charge in [0.15, 0.2) is 36.3 Å². The molecule has 4 heterocycles. The summed E-state index contributed by atoms with van der Waals surface area (Å²) in [6.45, 7) is 12.7. The van der Waals surface area contributed by atoms with Gasteiger partial charge in [0.25, 0.3) is 11.8 Å². The van der Waals surface area contributed by atoms with Gasteiger partial charge in [-0.1, -0.05) is 24.3 Å². The maximum atomic E-state index is 13.9. The second-order valence-electron chi connectivity index (χ2n) is 15.5. The molecule has 6 rings (SSSR count). The number of fused-ring (bicyclic) bond motifs is 4. The van der Waals surface area contributed by atoms with E-state index in [0.717, 1.165) is 15.4 Å². The predicted octanol–water partition coefficient (Wildman–Crippen LogP) is 4.37. The van der Waals surface area contributed by atoms with E-state index in [2.05, 4.69) is 13.2 Å². The first-order valence-electron chi connectivity index (χ1n) is 20.7. The first-order chi connectivity index (χ1) is 29.8. The summed E-state index contributed by atoms with van der Waals surface area (Å²) in [4.78, 5) is 72.0. The van der Waals surface area contributed by atoms with Gasteiger partial charge in [-0.2, -0.15) is 0 Å². The second kappa shape index (κ2) is 20.5. The summed E-state index contributed by atoms with van der Waals surface area (Å²) < 4.78 is 38.8. The van der Waals surface area contributed by atoms with Crippen molar-refractivity contribution in [2.75, 3.05) is 83.4 Å². The SMILES string of the molecule is C=C1C[C@H]2[C@H](O)N(C(=O)OCC)c3cc(OCCCCCOc4cc5c(cc4OC)C(=O)N4CC(=C)C[C@H]4[C@H](O)N5C(=O)OCC(=O)CCOCCOC)c(C)cc3C(=O)N2C1. The number of nitrogens with zero attached hydrogens (tertiary/aromatic N) is 4. The van der Waals surface area contributed by atoms with Gasteiger partial charge in [0.1, 0.15) is 5.75 Å². The largest absolute Gasteiger partial charge is 0.493 e. The third kappa shape index (κ3) is 9.83. The lowest BCUT2D eigenvalue weighted by molar-refractivity contribution is -0.123. The Morgan fingerprint density at radius 3 is 1.82 bits per heavy atom. The molecule has 4 atom stereocenters. The van der Waals surface area contributed by atoms with Gasteiger partial charge in [-0.15, -0.1) is 0 Å². The molecule has 336 valence electrons. The highest BCUT2D eigenvalue weighted by atomic mass is 16.6. The van der Waals surface area contributed by atoms with E-state index in [1.165, 1.54) is 36.2 Å².